The second-order valence-electron chi connectivity index (χ2n) is 2.57. The fourth-order valence-electron chi connectivity index (χ4n) is 0.609. The molecule has 0 amide bonds. The van der Waals surface area contributed by atoms with Crippen LogP contribution in [0, 0.1) is 5.92 Å². The van der Waals surface area contributed by atoms with Gasteiger partial charge in [-0.25, -0.2) is 0 Å². The van der Waals surface area contributed by atoms with Crippen LogP contribution in [0.25, 0.3) is 0 Å². The van der Waals surface area contributed by atoms with Crippen molar-refractivity contribution in [3.05, 3.63) is 0 Å². The molecule has 0 heterocycles. The molecule has 0 saturated carbocycles. The third-order valence-corrected chi connectivity index (χ3v) is 1.04. The van der Waals surface area contributed by atoms with Gasteiger partial charge in [-0.15, -0.1) is 0 Å². The topological polar surface area (TPSA) is 63.3 Å². The Balaban J connectivity index is 0. The van der Waals surface area contributed by atoms with Gasteiger partial charge in [0.15, 0.2) is 0 Å². The molecule has 0 saturated heterocycles. The number of carboxylic acids is 1. The lowest BCUT2D eigenvalue weighted by molar-refractivity contribution is -0.138. The summed E-state index contributed by atoms with van der Waals surface area (Å²) in [6, 6.07) is -0.690. The van der Waals surface area contributed by atoms with E-state index < -0.39 is 12.0 Å². The number of nitrogens with two attached hydrogens (primary N) is 1. The number of halogens is 1. The highest BCUT2D eigenvalue weighted by molar-refractivity contribution is 5.72. The molecule has 0 aromatic heterocycles. The minimum atomic E-state index is -0.913. The molecule has 0 aliphatic rings. The van der Waals surface area contributed by atoms with Crippen LogP contribution in [-0.4, -0.2) is 24.3 Å². The Morgan fingerprint density at radius 2 is 1.91 bits per heavy atom. The SMILES string of the molecule is CC(C)CC(N)C(=O)O.CF. The van der Waals surface area contributed by atoms with Gasteiger partial charge >= 0.3 is 5.97 Å². The average molecular weight is 165 g/mol. The van der Waals surface area contributed by atoms with E-state index in [1.54, 1.807) is 0 Å². The minimum Gasteiger partial charge on any atom is -0.480 e. The normalized spacial score (nSPS) is 11.8. The van der Waals surface area contributed by atoms with Crippen LogP contribution >= 0.6 is 0 Å². The van der Waals surface area contributed by atoms with Crippen molar-refractivity contribution in [2.24, 2.45) is 11.7 Å². The van der Waals surface area contributed by atoms with Gasteiger partial charge in [0.1, 0.15) is 6.04 Å². The summed E-state index contributed by atoms with van der Waals surface area (Å²) in [7, 11) is 0.500. The Labute approximate surface area is 66.4 Å². The Bertz CT molecular complexity index is 107. The molecule has 0 rings (SSSR count). The molecule has 0 aromatic carbocycles. The third-order valence-electron chi connectivity index (χ3n) is 1.04. The summed E-state index contributed by atoms with van der Waals surface area (Å²) >= 11 is 0. The number of aliphatic carboxylic acids is 1. The Kier molecular flexibility index (Phi) is 8.82. The van der Waals surface area contributed by atoms with E-state index in [9.17, 15) is 9.18 Å². The van der Waals surface area contributed by atoms with Crippen LogP contribution in [0.3, 0.4) is 0 Å². The van der Waals surface area contributed by atoms with E-state index in [-0.39, 0.29) is 0 Å². The quantitative estimate of drug-likeness (QED) is 0.656. The summed E-state index contributed by atoms with van der Waals surface area (Å²) < 4.78 is 9.50. The van der Waals surface area contributed by atoms with Gasteiger partial charge in [0.2, 0.25) is 0 Å². The maximum atomic E-state index is 10.1. The summed E-state index contributed by atoms with van der Waals surface area (Å²) in [5.74, 6) is -0.556. The molecule has 11 heavy (non-hydrogen) atoms. The van der Waals surface area contributed by atoms with Crippen LogP contribution < -0.4 is 5.73 Å². The summed E-state index contributed by atoms with van der Waals surface area (Å²) in [5.41, 5.74) is 5.22. The standard InChI is InChI=1S/C6H13NO2.CH3F/c1-4(2)3-5(7)6(8)9;1-2/h4-5H,3,7H2,1-2H3,(H,8,9);1H3. The van der Waals surface area contributed by atoms with Gasteiger partial charge in [-0.3, -0.25) is 9.18 Å². The van der Waals surface area contributed by atoms with E-state index in [2.05, 4.69) is 0 Å². The zero-order chi connectivity index (χ0) is 9.44. The third kappa shape index (κ3) is 9.36. The zero-order valence-electron chi connectivity index (χ0n) is 7.17. The van der Waals surface area contributed by atoms with E-state index in [4.69, 9.17) is 10.8 Å². The maximum Gasteiger partial charge on any atom is 0.320 e. The first kappa shape index (κ1) is 13.0. The fourth-order valence-corrected chi connectivity index (χ4v) is 0.609. The van der Waals surface area contributed by atoms with Crippen molar-refractivity contribution >= 4 is 5.97 Å². The number of hydrogen-bond donors (Lipinski definition) is 2. The molecule has 0 radical (unpaired) electrons. The first-order chi connectivity index (χ1) is 5.04. The lowest BCUT2D eigenvalue weighted by atomic mass is 10.1. The molecule has 1 unspecified atom stereocenters. The highest BCUT2D eigenvalue weighted by atomic mass is 19.1. The molecule has 3 N–H and O–H groups in total. The van der Waals surface area contributed by atoms with Gasteiger partial charge in [0, 0.05) is 0 Å². The van der Waals surface area contributed by atoms with Crippen LogP contribution in [0.15, 0.2) is 0 Å². The summed E-state index contributed by atoms with van der Waals surface area (Å²) in [4.78, 5) is 10.1. The first-order valence-corrected chi connectivity index (χ1v) is 3.40. The predicted molar refractivity (Wildman–Crippen MR) is 42.1 cm³/mol. The number of carboxylic acid groups (broad SMARTS) is 1. The van der Waals surface area contributed by atoms with E-state index in [0.717, 1.165) is 0 Å². The first-order valence-electron chi connectivity index (χ1n) is 3.40. The second kappa shape index (κ2) is 7.47. The molecule has 3 nitrogen and oxygen atoms in total. The Morgan fingerprint density at radius 3 is 2.00 bits per heavy atom. The van der Waals surface area contributed by atoms with Gasteiger partial charge in [0.05, 0.1) is 7.18 Å². The van der Waals surface area contributed by atoms with E-state index in [1.807, 2.05) is 13.8 Å². The van der Waals surface area contributed by atoms with Gasteiger partial charge in [-0.2, -0.15) is 0 Å². The highest BCUT2D eigenvalue weighted by Crippen LogP contribution is 2.01. The van der Waals surface area contributed by atoms with Crippen LogP contribution in [0.5, 0.6) is 0 Å². The summed E-state index contributed by atoms with van der Waals surface area (Å²) in [6.07, 6.45) is 0.551. The van der Waals surface area contributed by atoms with Crippen molar-refractivity contribution < 1.29 is 14.3 Å². The van der Waals surface area contributed by atoms with Crippen molar-refractivity contribution in [2.45, 2.75) is 26.3 Å². The molecule has 1 atom stereocenters. The molecule has 4 heteroatoms. The Morgan fingerprint density at radius 1 is 1.55 bits per heavy atom. The number of hydrogen-bond acceptors (Lipinski definition) is 2. The van der Waals surface area contributed by atoms with E-state index in [0.29, 0.717) is 19.5 Å². The molecule has 0 fully saturated rings. The number of rotatable bonds is 3. The lowest BCUT2D eigenvalue weighted by Crippen LogP contribution is -2.31. The number of alkyl halides is 1. The van der Waals surface area contributed by atoms with Gasteiger partial charge < -0.3 is 10.8 Å². The van der Waals surface area contributed by atoms with E-state index >= 15 is 0 Å². The fraction of sp³-hybridized carbons (Fsp3) is 0.857. The molecule has 0 bridgehead atoms. The molecular weight excluding hydrogens is 149 g/mol. The lowest BCUT2D eigenvalue weighted by Gasteiger charge is -2.07. The van der Waals surface area contributed by atoms with Crippen molar-refractivity contribution in [1.82, 2.24) is 0 Å². The second-order valence-corrected chi connectivity index (χ2v) is 2.57. The van der Waals surface area contributed by atoms with Gasteiger partial charge in [-0.1, -0.05) is 13.8 Å². The van der Waals surface area contributed by atoms with Crippen LogP contribution in [0.2, 0.25) is 0 Å². The highest BCUT2D eigenvalue weighted by Gasteiger charge is 2.11. The summed E-state index contributed by atoms with van der Waals surface area (Å²) in [5, 5.41) is 8.31. The molecule has 0 aliphatic carbocycles. The van der Waals surface area contributed by atoms with Crippen LogP contribution in [0.1, 0.15) is 20.3 Å². The number of carbonyl (C=O) groups is 1. The summed E-state index contributed by atoms with van der Waals surface area (Å²) in [6.45, 7) is 3.89. The smallest absolute Gasteiger partial charge is 0.320 e. The van der Waals surface area contributed by atoms with Gasteiger partial charge in [-0.05, 0) is 12.3 Å². The molecule has 0 spiro atoms. The molecular formula is C7H16FNO2. The van der Waals surface area contributed by atoms with E-state index in [1.165, 1.54) is 0 Å². The van der Waals surface area contributed by atoms with Crippen molar-refractivity contribution in [2.75, 3.05) is 7.18 Å². The molecule has 0 aliphatic heterocycles. The molecule has 68 valence electrons. The molecule has 0 aromatic rings. The largest absolute Gasteiger partial charge is 0.480 e. The van der Waals surface area contributed by atoms with Crippen molar-refractivity contribution in [3.63, 3.8) is 0 Å². The van der Waals surface area contributed by atoms with Crippen molar-refractivity contribution in [1.29, 1.82) is 0 Å². The van der Waals surface area contributed by atoms with Crippen LogP contribution in [0.4, 0.5) is 4.39 Å². The van der Waals surface area contributed by atoms with Crippen molar-refractivity contribution in [3.8, 4) is 0 Å². The zero-order valence-corrected chi connectivity index (χ0v) is 7.17. The Hall–Kier alpha value is -0.640. The van der Waals surface area contributed by atoms with Crippen LogP contribution in [-0.2, 0) is 4.79 Å². The monoisotopic (exact) mass is 165 g/mol. The van der Waals surface area contributed by atoms with Gasteiger partial charge in [0.25, 0.3) is 0 Å². The predicted octanol–water partition coefficient (Wildman–Crippen LogP) is 1.03. The average Bonchev–Trinajstić information content (AvgIpc) is 1.90. The minimum absolute atomic E-state index is 0.357. The maximum absolute atomic E-state index is 10.1.